The van der Waals surface area contributed by atoms with Crippen LogP contribution in [0.5, 0.6) is 0 Å². The lowest BCUT2D eigenvalue weighted by atomic mass is 10.3. The Hall–Kier alpha value is -0.900. The summed E-state index contributed by atoms with van der Waals surface area (Å²) in [6.45, 7) is 5.23. The van der Waals surface area contributed by atoms with Crippen molar-refractivity contribution in [3.05, 3.63) is 0 Å². The van der Waals surface area contributed by atoms with E-state index in [9.17, 15) is 9.59 Å². The van der Waals surface area contributed by atoms with E-state index in [1.54, 1.807) is 4.90 Å². The van der Waals surface area contributed by atoms with Crippen molar-refractivity contribution >= 4 is 11.7 Å². The van der Waals surface area contributed by atoms with Gasteiger partial charge in [-0.2, -0.15) is 0 Å². The second kappa shape index (κ2) is 4.37. The largest absolute Gasteiger partial charge is 0.377 e. The summed E-state index contributed by atoms with van der Waals surface area (Å²) in [6.07, 6.45) is 0.0820. The number of ketones is 1. The fourth-order valence-corrected chi connectivity index (χ4v) is 1.45. The van der Waals surface area contributed by atoms with Crippen LogP contribution in [0.25, 0.3) is 0 Å². The average molecular weight is 185 g/mol. The van der Waals surface area contributed by atoms with Crippen LogP contribution in [0.4, 0.5) is 0 Å². The minimum absolute atomic E-state index is 0.00805. The van der Waals surface area contributed by atoms with Crippen molar-refractivity contribution in [1.82, 2.24) is 4.90 Å². The van der Waals surface area contributed by atoms with Crippen LogP contribution in [0.1, 0.15) is 20.3 Å². The molecular formula is C9H15NO3. The van der Waals surface area contributed by atoms with Gasteiger partial charge >= 0.3 is 0 Å². The second-order valence-electron chi connectivity index (χ2n) is 3.26. The molecule has 0 N–H and O–H groups in total. The fourth-order valence-electron chi connectivity index (χ4n) is 1.45. The first-order valence-electron chi connectivity index (χ1n) is 4.54. The molecule has 0 aromatic rings. The van der Waals surface area contributed by atoms with E-state index >= 15 is 0 Å². The van der Waals surface area contributed by atoms with Gasteiger partial charge in [-0.25, -0.2) is 0 Å². The summed E-state index contributed by atoms with van der Waals surface area (Å²) >= 11 is 0. The number of rotatable bonds is 4. The predicted molar refractivity (Wildman–Crippen MR) is 47.3 cm³/mol. The Morgan fingerprint density at radius 1 is 1.54 bits per heavy atom. The van der Waals surface area contributed by atoms with E-state index in [-0.39, 0.29) is 30.8 Å². The smallest absolute Gasteiger partial charge is 0.230 e. The van der Waals surface area contributed by atoms with Crippen molar-refractivity contribution in [2.24, 2.45) is 0 Å². The molecule has 0 bridgehead atoms. The topological polar surface area (TPSA) is 46.6 Å². The van der Waals surface area contributed by atoms with Gasteiger partial charge in [0.1, 0.15) is 0 Å². The number of nitrogens with zero attached hydrogens (tertiary/aromatic N) is 1. The number of hydrogen-bond donors (Lipinski definition) is 0. The molecule has 74 valence electrons. The zero-order valence-corrected chi connectivity index (χ0v) is 8.08. The molecule has 13 heavy (non-hydrogen) atoms. The van der Waals surface area contributed by atoms with Crippen LogP contribution in [0.3, 0.4) is 0 Å². The van der Waals surface area contributed by atoms with Crippen LogP contribution in [0.15, 0.2) is 0 Å². The standard InChI is InChI=1S/C9H15NO3/c1-3-13-7(2)5-10-6-8(11)4-9(10)12/h7H,3-6H2,1-2H3. The molecule has 1 atom stereocenters. The normalized spacial score (nSPS) is 19.7. The number of amides is 1. The van der Waals surface area contributed by atoms with Crippen LogP contribution in [-0.4, -0.2) is 42.4 Å². The van der Waals surface area contributed by atoms with E-state index < -0.39 is 0 Å². The first kappa shape index (κ1) is 10.2. The molecule has 0 aliphatic carbocycles. The zero-order valence-electron chi connectivity index (χ0n) is 8.08. The molecule has 0 spiro atoms. The maximum absolute atomic E-state index is 11.2. The van der Waals surface area contributed by atoms with Gasteiger partial charge in [-0.05, 0) is 13.8 Å². The lowest BCUT2D eigenvalue weighted by molar-refractivity contribution is -0.129. The molecule has 1 amide bonds. The van der Waals surface area contributed by atoms with Crippen molar-refractivity contribution in [3.63, 3.8) is 0 Å². The molecule has 1 saturated heterocycles. The Morgan fingerprint density at radius 2 is 2.23 bits per heavy atom. The predicted octanol–water partition coefficient (Wildman–Crippen LogP) is 0.213. The summed E-state index contributed by atoms with van der Waals surface area (Å²) in [7, 11) is 0. The quantitative estimate of drug-likeness (QED) is 0.588. The molecule has 0 aromatic heterocycles. The van der Waals surface area contributed by atoms with Crippen molar-refractivity contribution in [2.75, 3.05) is 19.7 Å². The molecule has 1 unspecified atom stereocenters. The molecule has 1 rings (SSSR count). The molecule has 1 fully saturated rings. The molecule has 0 radical (unpaired) electrons. The maximum atomic E-state index is 11.2. The minimum atomic E-state index is -0.0726. The summed E-state index contributed by atoms with van der Waals surface area (Å²) in [4.78, 5) is 23.6. The summed E-state index contributed by atoms with van der Waals surface area (Å²) in [5.41, 5.74) is 0. The lowest BCUT2D eigenvalue weighted by Crippen LogP contribution is -2.33. The van der Waals surface area contributed by atoms with Gasteiger partial charge in [0, 0.05) is 13.2 Å². The van der Waals surface area contributed by atoms with E-state index in [0.717, 1.165) is 0 Å². The SMILES string of the molecule is CCOC(C)CN1CC(=O)CC1=O. The number of ether oxygens (including phenoxy) is 1. The molecular weight excluding hydrogens is 170 g/mol. The Bertz CT molecular complexity index is 215. The second-order valence-corrected chi connectivity index (χ2v) is 3.26. The third kappa shape index (κ3) is 2.81. The van der Waals surface area contributed by atoms with Gasteiger partial charge in [0.05, 0.1) is 19.1 Å². The zero-order chi connectivity index (χ0) is 9.84. The van der Waals surface area contributed by atoms with Crippen LogP contribution < -0.4 is 0 Å². The summed E-state index contributed by atoms with van der Waals surface area (Å²) in [6, 6.07) is 0. The van der Waals surface area contributed by atoms with E-state index in [1.807, 2.05) is 13.8 Å². The number of Topliss-reactive ketones (excluding diaryl/α,β-unsaturated/α-hetero) is 1. The van der Waals surface area contributed by atoms with Gasteiger partial charge in [0.25, 0.3) is 0 Å². The lowest BCUT2D eigenvalue weighted by Gasteiger charge is -2.19. The first-order chi connectivity index (χ1) is 6.13. The third-order valence-corrected chi connectivity index (χ3v) is 2.00. The van der Waals surface area contributed by atoms with Crippen molar-refractivity contribution in [1.29, 1.82) is 0 Å². The molecule has 1 aliphatic rings. The maximum Gasteiger partial charge on any atom is 0.230 e. The number of carbonyl (C=O) groups is 2. The first-order valence-corrected chi connectivity index (χ1v) is 4.54. The Labute approximate surface area is 77.8 Å². The van der Waals surface area contributed by atoms with E-state index in [0.29, 0.717) is 13.2 Å². The average Bonchev–Trinajstić information content (AvgIpc) is 2.30. The highest BCUT2D eigenvalue weighted by Gasteiger charge is 2.28. The van der Waals surface area contributed by atoms with E-state index in [4.69, 9.17) is 4.74 Å². The molecule has 4 heteroatoms. The monoisotopic (exact) mass is 185 g/mol. The van der Waals surface area contributed by atoms with Crippen molar-refractivity contribution < 1.29 is 14.3 Å². The molecule has 0 aromatic carbocycles. The molecule has 4 nitrogen and oxygen atoms in total. The van der Waals surface area contributed by atoms with Gasteiger partial charge < -0.3 is 9.64 Å². The van der Waals surface area contributed by atoms with Gasteiger partial charge in [-0.3, -0.25) is 9.59 Å². The van der Waals surface area contributed by atoms with Gasteiger partial charge in [0.15, 0.2) is 5.78 Å². The highest BCUT2D eigenvalue weighted by atomic mass is 16.5. The third-order valence-electron chi connectivity index (χ3n) is 2.00. The Morgan fingerprint density at radius 3 is 2.69 bits per heavy atom. The van der Waals surface area contributed by atoms with Crippen LogP contribution in [-0.2, 0) is 14.3 Å². The van der Waals surface area contributed by atoms with Gasteiger partial charge in [0.2, 0.25) is 5.91 Å². The highest BCUT2D eigenvalue weighted by molar-refractivity contribution is 6.05. The highest BCUT2D eigenvalue weighted by Crippen LogP contribution is 2.07. The number of carbonyl (C=O) groups excluding carboxylic acids is 2. The van der Waals surface area contributed by atoms with Crippen molar-refractivity contribution in [3.8, 4) is 0 Å². The minimum Gasteiger partial charge on any atom is -0.377 e. The van der Waals surface area contributed by atoms with E-state index in [1.165, 1.54) is 0 Å². The Kier molecular flexibility index (Phi) is 3.42. The summed E-state index contributed by atoms with van der Waals surface area (Å²) in [5, 5.41) is 0. The fraction of sp³-hybridized carbons (Fsp3) is 0.778. The Balaban J connectivity index is 2.36. The molecule has 1 heterocycles. The molecule has 1 aliphatic heterocycles. The molecule has 0 saturated carbocycles. The summed E-state index contributed by atoms with van der Waals surface area (Å²) < 4.78 is 5.28. The number of likely N-dealkylation sites (tertiary alicyclic amines) is 1. The van der Waals surface area contributed by atoms with Crippen molar-refractivity contribution in [2.45, 2.75) is 26.4 Å². The van der Waals surface area contributed by atoms with Crippen LogP contribution in [0, 0.1) is 0 Å². The summed E-state index contributed by atoms with van der Waals surface area (Å²) in [5.74, 6) is -0.0646. The van der Waals surface area contributed by atoms with Crippen LogP contribution in [0.2, 0.25) is 0 Å². The van der Waals surface area contributed by atoms with Gasteiger partial charge in [-0.1, -0.05) is 0 Å². The van der Waals surface area contributed by atoms with Gasteiger partial charge in [-0.15, -0.1) is 0 Å². The number of hydrogen-bond acceptors (Lipinski definition) is 3. The van der Waals surface area contributed by atoms with Crippen LogP contribution >= 0.6 is 0 Å². The van der Waals surface area contributed by atoms with E-state index in [2.05, 4.69) is 0 Å².